The summed E-state index contributed by atoms with van der Waals surface area (Å²) in [5.74, 6) is 0.803. The molecule has 1 amide bonds. The van der Waals surface area contributed by atoms with Gasteiger partial charge in [0.2, 0.25) is 5.91 Å². The zero-order valence-electron chi connectivity index (χ0n) is 14.2. The molecule has 0 spiro atoms. The molecule has 0 unspecified atom stereocenters. The number of carbonyl (C=O) groups excluding carboxylic acids is 1. The Morgan fingerprint density at radius 1 is 1.29 bits per heavy atom. The summed E-state index contributed by atoms with van der Waals surface area (Å²) in [6.45, 7) is 9.46. The van der Waals surface area contributed by atoms with Crippen molar-refractivity contribution in [3.8, 4) is 0 Å². The second-order valence-corrected chi connectivity index (χ2v) is 7.30. The molecule has 1 saturated carbocycles. The van der Waals surface area contributed by atoms with Crippen LogP contribution >= 0.6 is 12.2 Å². The molecule has 0 aromatic rings. The van der Waals surface area contributed by atoms with E-state index in [0.717, 1.165) is 51.5 Å². The van der Waals surface area contributed by atoms with E-state index in [1.54, 1.807) is 0 Å². The Balaban J connectivity index is 2.96. The molecule has 1 aliphatic carbocycles. The van der Waals surface area contributed by atoms with Crippen molar-refractivity contribution < 1.29 is 4.79 Å². The average Bonchev–Trinajstić information content (AvgIpc) is 3.22. The molecule has 21 heavy (non-hydrogen) atoms. The first-order valence-corrected chi connectivity index (χ1v) is 8.90. The Morgan fingerprint density at radius 3 is 2.14 bits per heavy atom. The van der Waals surface area contributed by atoms with Crippen LogP contribution in [0, 0.1) is 11.3 Å². The first-order chi connectivity index (χ1) is 9.89. The first-order valence-electron chi connectivity index (χ1n) is 8.50. The molecule has 0 saturated heterocycles. The van der Waals surface area contributed by atoms with E-state index in [-0.39, 0.29) is 5.91 Å². The van der Waals surface area contributed by atoms with E-state index in [0.29, 0.717) is 16.9 Å². The van der Waals surface area contributed by atoms with Gasteiger partial charge in [-0.2, -0.15) is 0 Å². The van der Waals surface area contributed by atoms with Crippen LogP contribution in [0.25, 0.3) is 0 Å². The van der Waals surface area contributed by atoms with Crippen molar-refractivity contribution in [1.29, 1.82) is 0 Å². The predicted octanol–water partition coefficient (Wildman–Crippen LogP) is 3.90. The lowest BCUT2D eigenvalue weighted by Gasteiger charge is -2.37. The van der Waals surface area contributed by atoms with Gasteiger partial charge in [-0.3, -0.25) is 4.79 Å². The Labute approximate surface area is 135 Å². The van der Waals surface area contributed by atoms with Crippen molar-refractivity contribution in [2.45, 2.75) is 78.7 Å². The molecule has 0 bridgehead atoms. The highest BCUT2D eigenvalue weighted by atomic mass is 32.1. The molecule has 0 aromatic heterocycles. The van der Waals surface area contributed by atoms with Crippen LogP contribution in [0.3, 0.4) is 0 Å². The SMILES string of the molecule is CCCC(CCC)(C(=O)N(CCC(C)C)C1CC1)C(N)=S. The quantitative estimate of drug-likeness (QED) is 0.622. The lowest BCUT2D eigenvalue weighted by atomic mass is 9.77. The monoisotopic (exact) mass is 312 g/mol. The summed E-state index contributed by atoms with van der Waals surface area (Å²) in [7, 11) is 0. The average molecular weight is 313 g/mol. The normalized spacial score (nSPS) is 15.3. The third kappa shape index (κ3) is 4.67. The molecule has 2 N–H and O–H groups in total. The number of nitrogens with zero attached hydrogens (tertiary/aromatic N) is 1. The van der Waals surface area contributed by atoms with Gasteiger partial charge >= 0.3 is 0 Å². The standard InChI is InChI=1S/C17H32N2OS/c1-5-10-17(11-6-2,15(18)21)16(20)19(14-7-8-14)12-9-13(3)4/h13-14H,5-12H2,1-4H3,(H2,18,21). The minimum Gasteiger partial charge on any atom is -0.392 e. The van der Waals surface area contributed by atoms with Crippen molar-refractivity contribution in [1.82, 2.24) is 4.90 Å². The summed E-state index contributed by atoms with van der Waals surface area (Å²) in [6.07, 6.45) is 6.75. The highest BCUT2D eigenvalue weighted by Crippen LogP contribution is 2.37. The molecule has 3 nitrogen and oxygen atoms in total. The summed E-state index contributed by atoms with van der Waals surface area (Å²) in [6, 6.07) is 0.429. The molecule has 0 heterocycles. The summed E-state index contributed by atoms with van der Waals surface area (Å²) >= 11 is 5.33. The van der Waals surface area contributed by atoms with Crippen LogP contribution in [0.5, 0.6) is 0 Å². The third-order valence-corrected chi connectivity index (χ3v) is 4.82. The minimum absolute atomic E-state index is 0.196. The fraction of sp³-hybridized carbons (Fsp3) is 0.882. The second kappa shape index (κ2) is 8.11. The van der Waals surface area contributed by atoms with Crippen LogP contribution in [0.4, 0.5) is 0 Å². The number of rotatable bonds is 10. The highest BCUT2D eigenvalue weighted by Gasteiger charge is 2.46. The van der Waals surface area contributed by atoms with Gasteiger partial charge in [-0.05, 0) is 38.0 Å². The maximum atomic E-state index is 13.2. The van der Waals surface area contributed by atoms with Gasteiger partial charge in [0.15, 0.2) is 0 Å². The molecule has 1 rings (SSSR count). The Bertz CT molecular complexity index is 358. The summed E-state index contributed by atoms with van der Waals surface area (Å²) in [4.78, 5) is 15.7. The van der Waals surface area contributed by atoms with Gasteiger partial charge < -0.3 is 10.6 Å². The van der Waals surface area contributed by atoms with E-state index in [4.69, 9.17) is 18.0 Å². The fourth-order valence-corrected chi connectivity index (χ4v) is 3.34. The van der Waals surface area contributed by atoms with Crippen LogP contribution < -0.4 is 5.73 Å². The van der Waals surface area contributed by atoms with Crippen LogP contribution in [-0.4, -0.2) is 28.4 Å². The van der Waals surface area contributed by atoms with E-state index in [2.05, 4.69) is 32.6 Å². The number of hydrogen-bond acceptors (Lipinski definition) is 2. The van der Waals surface area contributed by atoms with Crippen molar-refractivity contribution in [3.05, 3.63) is 0 Å². The second-order valence-electron chi connectivity index (χ2n) is 6.86. The van der Waals surface area contributed by atoms with Crippen LogP contribution in [-0.2, 0) is 4.79 Å². The highest BCUT2D eigenvalue weighted by molar-refractivity contribution is 7.80. The molecule has 122 valence electrons. The summed E-state index contributed by atoms with van der Waals surface area (Å²) in [5.41, 5.74) is 5.43. The van der Waals surface area contributed by atoms with Crippen LogP contribution in [0.1, 0.15) is 72.6 Å². The number of thiocarbonyl (C=S) groups is 1. The smallest absolute Gasteiger partial charge is 0.235 e. The van der Waals surface area contributed by atoms with E-state index in [1.807, 2.05) is 0 Å². The Hall–Kier alpha value is -0.640. The lowest BCUT2D eigenvalue weighted by molar-refractivity contribution is -0.139. The molecular weight excluding hydrogens is 280 g/mol. The van der Waals surface area contributed by atoms with Crippen LogP contribution in [0.2, 0.25) is 0 Å². The van der Waals surface area contributed by atoms with E-state index in [9.17, 15) is 4.79 Å². The van der Waals surface area contributed by atoms with Crippen molar-refractivity contribution in [2.75, 3.05) is 6.54 Å². The number of hydrogen-bond donors (Lipinski definition) is 1. The molecule has 4 heteroatoms. The molecule has 0 aliphatic heterocycles. The molecule has 1 fully saturated rings. The maximum Gasteiger partial charge on any atom is 0.235 e. The maximum absolute atomic E-state index is 13.2. The number of amides is 1. The summed E-state index contributed by atoms with van der Waals surface area (Å²) in [5, 5.41) is 0. The Kier molecular flexibility index (Phi) is 7.11. The van der Waals surface area contributed by atoms with E-state index >= 15 is 0 Å². The van der Waals surface area contributed by atoms with Crippen molar-refractivity contribution in [2.24, 2.45) is 17.1 Å². The fourth-order valence-electron chi connectivity index (χ4n) is 3.05. The zero-order valence-corrected chi connectivity index (χ0v) is 15.0. The molecular formula is C17H32N2OS. The predicted molar refractivity (Wildman–Crippen MR) is 93.2 cm³/mol. The van der Waals surface area contributed by atoms with E-state index in [1.165, 1.54) is 0 Å². The van der Waals surface area contributed by atoms with Gasteiger partial charge in [-0.15, -0.1) is 0 Å². The van der Waals surface area contributed by atoms with Crippen LogP contribution in [0.15, 0.2) is 0 Å². The number of carbonyl (C=O) groups is 1. The van der Waals surface area contributed by atoms with Gasteiger partial charge in [0.25, 0.3) is 0 Å². The Morgan fingerprint density at radius 2 is 1.81 bits per heavy atom. The largest absolute Gasteiger partial charge is 0.392 e. The number of nitrogens with two attached hydrogens (primary N) is 1. The first kappa shape index (κ1) is 18.4. The molecule has 0 radical (unpaired) electrons. The summed E-state index contributed by atoms with van der Waals surface area (Å²) < 4.78 is 0. The lowest BCUT2D eigenvalue weighted by Crippen LogP contribution is -2.51. The zero-order chi connectivity index (χ0) is 16.0. The van der Waals surface area contributed by atoms with Gasteiger partial charge in [-0.25, -0.2) is 0 Å². The van der Waals surface area contributed by atoms with Gasteiger partial charge in [0, 0.05) is 12.6 Å². The van der Waals surface area contributed by atoms with Crippen molar-refractivity contribution >= 4 is 23.1 Å². The third-order valence-electron chi connectivity index (χ3n) is 4.43. The molecule has 0 aromatic carbocycles. The van der Waals surface area contributed by atoms with Crippen molar-refractivity contribution in [3.63, 3.8) is 0 Å². The molecule has 1 aliphatic rings. The molecule has 0 atom stereocenters. The van der Waals surface area contributed by atoms with Gasteiger partial charge in [0.1, 0.15) is 0 Å². The topological polar surface area (TPSA) is 46.3 Å². The van der Waals surface area contributed by atoms with Gasteiger partial charge in [0.05, 0.1) is 10.4 Å². The van der Waals surface area contributed by atoms with E-state index < -0.39 is 5.41 Å². The minimum atomic E-state index is -0.613. The van der Waals surface area contributed by atoms with Gasteiger partial charge in [-0.1, -0.05) is 52.8 Å².